The van der Waals surface area contributed by atoms with Gasteiger partial charge in [-0.05, 0) is 38.6 Å². The van der Waals surface area contributed by atoms with E-state index in [1.165, 1.54) is 38.5 Å². The second-order valence-corrected chi connectivity index (χ2v) is 5.67. The summed E-state index contributed by atoms with van der Waals surface area (Å²) >= 11 is 0. The highest BCUT2D eigenvalue weighted by atomic mass is 16.5. The molecule has 110 valence electrons. The predicted octanol–water partition coefficient (Wildman–Crippen LogP) is 3.79. The number of ether oxygens (including phenoxy) is 1. The van der Waals surface area contributed by atoms with Crippen LogP contribution >= 0.6 is 0 Å². The van der Waals surface area contributed by atoms with Gasteiger partial charge in [-0.25, -0.2) is 0 Å². The van der Waals surface area contributed by atoms with Gasteiger partial charge in [0.2, 0.25) is 0 Å². The molecular weight excluding hydrogens is 236 g/mol. The Morgan fingerprint density at radius 3 is 2.42 bits per heavy atom. The average molecular weight is 266 g/mol. The first-order valence-corrected chi connectivity index (χ1v) is 8.04. The molecule has 0 heterocycles. The average Bonchev–Trinajstić information content (AvgIpc) is 2.71. The molecule has 1 fully saturated rings. The molecule has 0 saturated heterocycles. The molecule has 0 radical (unpaired) electrons. The van der Waals surface area contributed by atoms with Gasteiger partial charge in [0.25, 0.3) is 0 Å². The van der Waals surface area contributed by atoms with E-state index >= 15 is 0 Å². The zero-order valence-electron chi connectivity index (χ0n) is 12.7. The number of rotatable bonds is 8. The van der Waals surface area contributed by atoms with Crippen molar-refractivity contribution in [2.75, 3.05) is 13.2 Å². The molecule has 0 aliphatic heterocycles. The highest BCUT2D eigenvalue weighted by molar-refractivity contribution is 5.05. The Hall–Kier alpha value is -0.590. The van der Waals surface area contributed by atoms with Crippen LogP contribution < -0.4 is 5.32 Å². The van der Waals surface area contributed by atoms with E-state index in [2.05, 4.69) is 25.2 Å². The van der Waals surface area contributed by atoms with Crippen LogP contribution in [0.15, 0.2) is 0 Å². The third-order valence-corrected chi connectivity index (χ3v) is 4.24. The van der Waals surface area contributed by atoms with Crippen molar-refractivity contribution in [1.82, 2.24) is 5.32 Å². The molecule has 1 aliphatic carbocycles. The van der Waals surface area contributed by atoms with Gasteiger partial charge >= 0.3 is 0 Å². The lowest BCUT2D eigenvalue weighted by Crippen LogP contribution is -2.43. The first kappa shape index (κ1) is 16.5. The van der Waals surface area contributed by atoms with E-state index in [1.54, 1.807) is 0 Å². The van der Waals surface area contributed by atoms with Crippen LogP contribution in [0.1, 0.15) is 71.6 Å². The second-order valence-electron chi connectivity index (χ2n) is 5.67. The van der Waals surface area contributed by atoms with Gasteiger partial charge in [0, 0.05) is 6.61 Å². The summed E-state index contributed by atoms with van der Waals surface area (Å²) in [6.07, 6.45) is 11.0. The van der Waals surface area contributed by atoms with Crippen molar-refractivity contribution in [3.05, 3.63) is 0 Å². The minimum Gasteiger partial charge on any atom is -0.378 e. The summed E-state index contributed by atoms with van der Waals surface area (Å²) in [5, 5.41) is 12.7. The van der Waals surface area contributed by atoms with Gasteiger partial charge in [0.05, 0.1) is 12.2 Å². The molecule has 1 rings (SSSR count). The maximum Gasteiger partial charge on any atom is 0.106 e. The Morgan fingerprint density at radius 2 is 1.89 bits per heavy atom. The van der Waals surface area contributed by atoms with E-state index in [4.69, 9.17) is 4.74 Å². The maximum absolute atomic E-state index is 9.34. The van der Waals surface area contributed by atoms with Gasteiger partial charge in [-0.3, -0.25) is 5.32 Å². The smallest absolute Gasteiger partial charge is 0.106 e. The Labute approximate surface area is 118 Å². The molecular formula is C16H30N2O. The molecule has 3 nitrogen and oxygen atoms in total. The molecule has 1 unspecified atom stereocenters. The normalized spacial score (nSPS) is 20.5. The molecule has 1 aliphatic rings. The quantitative estimate of drug-likeness (QED) is 0.537. The molecule has 0 aromatic rings. The third kappa shape index (κ3) is 5.93. The van der Waals surface area contributed by atoms with E-state index in [1.807, 2.05) is 0 Å². The fourth-order valence-electron chi connectivity index (χ4n) is 2.94. The number of hydrogen-bond donors (Lipinski definition) is 1. The number of hydrogen-bond acceptors (Lipinski definition) is 3. The summed E-state index contributed by atoms with van der Waals surface area (Å²) in [6, 6.07) is 2.45. The zero-order chi connectivity index (χ0) is 14.0. The van der Waals surface area contributed by atoms with Crippen molar-refractivity contribution in [2.45, 2.75) is 83.3 Å². The van der Waals surface area contributed by atoms with Crippen LogP contribution in [0.25, 0.3) is 0 Å². The SMILES string of the molecule is CCNC(C#N)(CC)CCCOC1CCCCCC1. The van der Waals surface area contributed by atoms with Crippen molar-refractivity contribution in [1.29, 1.82) is 5.26 Å². The summed E-state index contributed by atoms with van der Waals surface area (Å²) in [5.74, 6) is 0. The second kappa shape index (κ2) is 9.34. The Morgan fingerprint density at radius 1 is 1.21 bits per heavy atom. The maximum atomic E-state index is 9.34. The van der Waals surface area contributed by atoms with Gasteiger partial charge < -0.3 is 4.74 Å². The van der Waals surface area contributed by atoms with E-state index in [9.17, 15) is 5.26 Å². The van der Waals surface area contributed by atoms with Crippen LogP contribution in [0.3, 0.4) is 0 Å². The van der Waals surface area contributed by atoms with Crippen LogP contribution in [0.4, 0.5) is 0 Å². The van der Waals surface area contributed by atoms with Crippen LogP contribution in [-0.2, 0) is 4.74 Å². The van der Waals surface area contributed by atoms with Crippen molar-refractivity contribution in [3.63, 3.8) is 0 Å². The summed E-state index contributed by atoms with van der Waals surface area (Å²) < 4.78 is 5.99. The first-order valence-electron chi connectivity index (χ1n) is 8.04. The van der Waals surface area contributed by atoms with E-state index < -0.39 is 0 Å². The summed E-state index contributed by atoms with van der Waals surface area (Å²) in [6.45, 7) is 5.80. The number of nitriles is 1. The first-order chi connectivity index (χ1) is 9.26. The van der Waals surface area contributed by atoms with Crippen LogP contribution in [0.5, 0.6) is 0 Å². The topological polar surface area (TPSA) is 45.0 Å². The third-order valence-electron chi connectivity index (χ3n) is 4.24. The van der Waals surface area contributed by atoms with Gasteiger partial charge in [0.1, 0.15) is 5.54 Å². The molecule has 1 atom stereocenters. The highest BCUT2D eigenvalue weighted by Gasteiger charge is 2.26. The van der Waals surface area contributed by atoms with Gasteiger partial charge in [0.15, 0.2) is 0 Å². The van der Waals surface area contributed by atoms with E-state index in [0.717, 1.165) is 32.4 Å². The minimum absolute atomic E-state index is 0.346. The predicted molar refractivity (Wildman–Crippen MR) is 79.0 cm³/mol. The molecule has 1 N–H and O–H groups in total. The molecule has 0 aromatic carbocycles. The lowest BCUT2D eigenvalue weighted by atomic mass is 9.92. The van der Waals surface area contributed by atoms with Crippen molar-refractivity contribution in [2.24, 2.45) is 0 Å². The van der Waals surface area contributed by atoms with E-state index in [-0.39, 0.29) is 5.54 Å². The Bertz CT molecular complexity index is 266. The van der Waals surface area contributed by atoms with Crippen LogP contribution in [-0.4, -0.2) is 24.8 Å². The summed E-state index contributed by atoms with van der Waals surface area (Å²) in [5.41, 5.74) is -0.346. The lowest BCUT2D eigenvalue weighted by molar-refractivity contribution is 0.0386. The van der Waals surface area contributed by atoms with Gasteiger partial charge in [-0.1, -0.05) is 39.5 Å². The van der Waals surface area contributed by atoms with E-state index in [0.29, 0.717) is 6.10 Å². The zero-order valence-corrected chi connectivity index (χ0v) is 12.7. The Balaban J connectivity index is 2.22. The van der Waals surface area contributed by atoms with Gasteiger partial charge in [-0.15, -0.1) is 0 Å². The molecule has 0 aromatic heterocycles. The van der Waals surface area contributed by atoms with Crippen molar-refractivity contribution in [3.8, 4) is 6.07 Å². The van der Waals surface area contributed by atoms with Crippen molar-refractivity contribution < 1.29 is 4.74 Å². The molecule has 3 heteroatoms. The molecule has 0 bridgehead atoms. The lowest BCUT2D eigenvalue weighted by Gasteiger charge is -2.26. The summed E-state index contributed by atoms with van der Waals surface area (Å²) in [7, 11) is 0. The molecule has 1 saturated carbocycles. The monoisotopic (exact) mass is 266 g/mol. The fraction of sp³-hybridized carbons (Fsp3) is 0.938. The van der Waals surface area contributed by atoms with Crippen molar-refractivity contribution >= 4 is 0 Å². The highest BCUT2D eigenvalue weighted by Crippen LogP contribution is 2.21. The van der Waals surface area contributed by atoms with Gasteiger partial charge in [-0.2, -0.15) is 5.26 Å². The number of nitrogens with zero attached hydrogens (tertiary/aromatic N) is 1. The largest absolute Gasteiger partial charge is 0.378 e. The Kier molecular flexibility index (Phi) is 8.09. The minimum atomic E-state index is -0.346. The van der Waals surface area contributed by atoms with Crippen LogP contribution in [0, 0.1) is 11.3 Å². The number of nitrogens with one attached hydrogen (secondary N) is 1. The standard InChI is InChI=1S/C16H30N2O/c1-3-16(14-17,18-4-2)12-9-13-19-15-10-7-5-6-8-11-15/h15,18H,3-13H2,1-2H3. The molecule has 0 amide bonds. The molecule has 0 spiro atoms. The van der Waals surface area contributed by atoms with Crippen LogP contribution in [0.2, 0.25) is 0 Å². The molecule has 19 heavy (non-hydrogen) atoms. The summed E-state index contributed by atoms with van der Waals surface area (Å²) in [4.78, 5) is 0. The fourth-order valence-corrected chi connectivity index (χ4v) is 2.94.